The fourth-order valence-corrected chi connectivity index (χ4v) is 3.80. The van der Waals surface area contributed by atoms with E-state index in [1.165, 1.54) is 41.2 Å². The number of nitrogens with zero attached hydrogens (tertiary/aromatic N) is 5. The van der Waals surface area contributed by atoms with Crippen LogP contribution in [0.25, 0.3) is 22.1 Å². The number of carbonyl (C=O) groups is 1. The third-order valence-electron chi connectivity index (χ3n) is 5.55. The number of hydrogen-bond donors (Lipinski definition) is 2. The molecule has 5 rings (SSSR count). The fourth-order valence-electron chi connectivity index (χ4n) is 3.80. The van der Waals surface area contributed by atoms with E-state index in [0.717, 1.165) is 10.7 Å². The molecule has 3 aromatic heterocycles. The first-order valence-electron chi connectivity index (χ1n) is 10.5. The molecule has 0 atom stereocenters. The number of benzene rings is 2. The number of nitrogens with two attached hydrogens (primary N) is 1. The van der Waals surface area contributed by atoms with Crippen LogP contribution in [-0.4, -0.2) is 30.2 Å². The van der Waals surface area contributed by atoms with Crippen molar-refractivity contribution in [3.63, 3.8) is 0 Å². The Morgan fingerprint density at radius 1 is 1.03 bits per heavy atom. The summed E-state index contributed by atoms with van der Waals surface area (Å²) < 4.78 is 57.6. The summed E-state index contributed by atoms with van der Waals surface area (Å²) in [6.45, 7) is 1.70. The van der Waals surface area contributed by atoms with Gasteiger partial charge in [-0.2, -0.15) is 18.3 Å². The van der Waals surface area contributed by atoms with Gasteiger partial charge in [0.15, 0.2) is 5.69 Å². The highest BCUT2D eigenvalue weighted by Gasteiger charge is 2.36. The van der Waals surface area contributed by atoms with Crippen LogP contribution in [0.3, 0.4) is 0 Å². The summed E-state index contributed by atoms with van der Waals surface area (Å²) in [6, 6.07) is 10.9. The Bertz CT molecular complexity index is 1620. The van der Waals surface area contributed by atoms with Gasteiger partial charge in [-0.15, -0.1) is 0 Å². The maximum absolute atomic E-state index is 14.8. The molecule has 0 aliphatic carbocycles. The minimum Gasteiger partial charge on any atom is -0.383 e. The third-order valence-corrected chi connectivity index (χ3v) is 5.55. The van der Waals surface area contributed by atoms with Crippen LogP contribution in [0.5, 0.6) is 0 Å². The van der Waals surface area contributed by atoms with Crippen LogP contribution >= 0.6 is 0 Å². The number of imidazole rings is 1. The van der Waals surface area contributed by atoms with E-state index in [1.807, 2.05) is 0 Å². The average molecular weight is 495 g/mol. The molecule has 2 aromatic carbocycles. The number of carbonyl (C=O) groups excluding carboxylic acids is 1. The summed E-state index contributed by atoms with van der Waals surface area (Å²) in [7, 11) is 0. The molecule has 8 nitrogen and oxygen atoms in total. The largest absolute Gasteiger partial charge is 0.435 e. The lowest BCUT2D eigenvalue weighted by Gasteiger charge is -2.11. The van der Waals surface area contributed by atoms with Crippen LogP contribution in [0.4, 0.5) is 29.1 Å². The van der Waals surface area contributed by atoms with E-state index in [2.05, 4.69) is 20.4 Å². The molecule has 0 unspecified atom stereocenters. The summed E-state index contributed by atoms with van der Waals surface area (Å²) in [5.41, 5.74) is 4.66. The standard InChI is InChI=1S/C24H17F4N7O/c1-13-30-8-9-34(13)19-5-3-15(10-18(19)25)32-23(36)20-12-21(24(26,27)28)33-35(20)16-4-2-14-6-7-31-22(29)17(14)11-16/h2-12H,1H3,(H2,29,31)(H,32,36). The third kappa shape index (κ3) is 4.13. The summed E-state index contributed by atoms with van der Waals surface area (Å²) >= 11 is 0. The summed E-state index contributed by atoms with van der Waals surface area (Å²) in [5.74, 6) is -0.841. The summed E-state index contributed by atoms with van der Waals surface area (Å²) in [6.07, 6.45) is -0.200. The van der Waals surface area contributed by atoms with Crippen LogP contribution in [0.1, 0.15) is 22.0 Å². The number of nitrogen functional groups attached to an aromatic ring is 1. The average Bonchev–Trinajstić information content (AvgIpc) is 3.46. The van der Waals surface area contributed by atoms with Crippen molar-refractivity contribution < 1.29 is 22.4 Å². The number of rotatable bonds is 4. The van der Waals surface area contributed by atoms with Gasteiger partial charge >= 0.3 is 6.18 Å². The topological polar surface area (TPSA) is 104 Å². The Morgan fingerprint density at radius 3 is 2.53 bits per heavy atom. The highest BCUT2D eigenvalue weighted by Crippen LogP contribution is 2.31. The summed E-state index contributed by atoms with van der Waals surface area (Å²) in [4.78, 5) is 21.1. The molecule has 182 valence electrons. The predicted octanol–water partition coefficient (Wildman–Crippen LogP) is 4.91. The fraction of sp³-hybridized carbons (Fsp3) is 0.0833. The van der Waals surface area contributed by atoms with E-state index in [0.29, 0.717) is 22.7 Å². The second kappa shape index (κ2) is 8.48. The lowest BCUT2D eigenvalue weighted by molar-refractivity contribution is -0.141. The van der Waals surface area contributed by atoms with Crippen molar-refractivity contribution in [2.75, 3.05) is 11.1 Å². The molecular formula is C24H17F4N7O. The van der Waals surface area contributed by atoms with E-state index in [1.54, 1.807) is 25.3 Å². The highest BCUT2D eigenvalue weighted by molar-refractivity contribution is 6.04. The Labute approximate surface area is 201 Å². The van der Waals surface area contributed by atoms with Crippen molar-refractivity contribution in [1.82, 2.24) is 24.3 Å². The molecular weight excluding hydrogens is 478 g/mol. The number of nitrogens with one attached hydrogen (secondary N) is 1. The minimum absolute atomic E-state index is 0.0484. The molecule has 1 amide bonds. The molecule has 5 aromatic rings. The van der Waals surface area contributed by atoms with Crippen molar-refractivity contribution in [1.29, 1.82) is 0 Å². The Balaban J connectivity index is 1.53. The predicted molar refractivity (Wildman–Crippen MR) is 124 cm³/mol. The van der Waals surface area contributed by atoms with Crippen molar-refractivity contribution in [3.05, 3.63) is 90.2 Å². The molecule has 0 fully saturated rings. The minimum atomic E-state index is -4.80. The molecule has 0 bridgehead atoms. The molecule has 0 saturated carbocycles. The zero-order valence-electron chi connectivity index (χ0n) is 18.6. The normalized spacial score (nSPS) is 11.7. The van der Waals surface area contributed by atoms with Gasteiger partial charge in [0.2, 0.25) is 0 Å². The van der Waals surface area contributed by atoms with E-state index >= 15 is 0 Å². The molecule has 3 heterocycles. The Kier molecular flexibility index (Phi) is 5.43. The van der Waals surface area contributed by atoms with Gasteiger partial charge in [-0.05, 0) is 48.7 Å². The first-order valence-corrected chi connectivity index (χ1v) is 10.5. The zero-order chi connectivity index (χ0) is 25.6. The van der Waals surface area contributed by atoms with Gasteiger partial charge in [0, 0.05) is 35.7 Å². The van der Waals surface area contributed by atoms with Crippen LogP contribution in [0.2, 0.25) is 0 Å². The van der Waals surface area contributed by atoms with Gasteiger partial charge in [0.05, 0.1) is 11.4 Å². The number of anilines is 2. The van der Waals surface area contributed by atoms with E-state index < -0.39 is 29.3 Å². The van der Waals surface area contributed by atoms with Gasteiger partial charge in [-0.1, -0.05) is 6.07 Å². The van der Waals surface area contributed by atoms with Gasteiger partial charge < -0.3 is 15.6 Å². The van der Waals surface area contributed by atoms with E-state index in [9.17, 15) is 22.4 Å². The number of pyridine rings is 1. The number of halogens is 4. The van der Waals surface area contributed by atoms with Crippen LogP contribution in [0, 0.1) is 12.7 Å². The van der Waals surface area contributed by atoms with Crippen molar-refractivity contribution in [2.24, 2.45) is 0 Å². The van der Waals surface area contributed by atoms with Gasteiger partial charge in [-0.25, -0.2) is 19.0 Å². The molecule has 0 radical (unpaired) electrons. The SMILES string of the molecule is Cc1nccn1-c1ccc(NC(=O)c2cc(C(F)(F)F)nn2-c2ccc3ccnc(N)c3c2)cc1F. The van der Waals surface area contributed by atoms with Crippen LogP contribution in [-0.2, 0) is 6.18 Å². The number of aromatic nitrogens is 5. The van der Waals surface area contributed by atoms with Crippen LogP contribution < -0.4 is 11.1 Å². The maximum atomic E-state index is 14.8. The van der Waals surface area contributed by atoms with E-state index in [-0.39, 0.29) is 22.9 Å². The Morgan fingerprint density at radius 2 is 1.83 bits per heavy atom. The van der Waals surface area contributed by atoms with Gasteiger partial charge in [-0.3, -0.25) is 4.79 Å². The number of aryl methyl sites for hydroxylation is 1. The zero-order valence-corrected chi connectivity index (χ0v) is 18.6. The molecule has 12 heteroatoms. The highest BCUT2D eigenvalue weighted by atomic mass is 19.4. The van der Waals surface area contributed by atoms with Gasteiger partial charge in [0.25, 0.3) is 5.91 Å². The molecule has 0 saturated heterocycles. The monoisotopic (exact) mass is 495 g/mol. The lowest BCUT2D eigenvalue weighted by Crippen LogP contribution is -2.17. The number of amides is 1. The van der Waals surface area contributed by atoms with Gasteiger partial charge in [0.1, 0.15) is 23.2 Å². The first-order chi connectivity index (χ1) is 17.1. The number of alkyl halides is 3. The first kappa shape index (κ1) is 23.0. The molecule has 0 aliphatic rings. The molecule has 0 spiro atoms. The van der Waals surface area contributed by atoms with Crippen molar-refractivity contribution in [2.45, 2.75) is 13.1 Å². The smallest absolute Gasteiger partial charge is 0.383 e. The quantitative estimate of drug-likeness (QED) is 0.345. The number of fused-ring (bicyclic) bond motifs is 1. The molecule has 0 aliphatic heterocycles. The van der Waals surface area contributed by atoms with Crippen molar-refractivity contribution >= 4 is 28.2 Å². The van der Waals surface area contributed by atoms with Crippen LogP contribution in [0.15, 0.2) is 67.1 Å². The Hall–Kier alpha value is -4.74. The second-order valence-electron chi connectivity index (χ2n) is 7.89. The second-order valence-corrected chi connectivity index (χ2v) is 7.89. The summed E-state index contributed by atoms with van der Waals surface area (Å²) in [5, 5.41) is 7.25. The van der Waals surface area contributed by atoms with E-state index in [4.69, 9.17) is 5.73 Å². The lowest BCUT2D eigenvalue weighted by atomic mass is 10.1. The number of hydrogen-bond acceptors (Lipinski definition) is 5. The molecule has 36 heavy (non-hydrogen) atoms. The van der Waals surface area contributed by atoms with Crippen molar-refractivity contribution in [3.8, 4) is 11.4 Å². The molecule has 3 N–H and O–H groups in total. The maximum Gasteiger partial charge on any atom is 0.435 e.